The van der Waals surface area contributed by atoms with E-state index in [1.807, 2.05) is 0 Å². The highest BCUT2D eigenvalue weighted by molar-refractivity contribution is 6.51. The molecule has 1 saturated heterocycles. The Hall–Kier alpha value is -4.26. The minimum absolute atomic E-state index is 0.0227. The molecule has 1 aliphatic heterocycles. The first-order valence-electron chi connectivity index (χ1n) is 10.2. The number of ketones is 1. The predicted octanol–water partition coefficient (Wildman–Crippen LogP) is 4.34. The van der Waals surface area contributed by atoms with E-state index in [2.05, 4.69) is 0 Å². The lowest BCUT2D eigenvalue weighted by atomic mass is 9.94. The first-order chi connectivity index (χ1) is 16.0. The molecule has 1 amide bonds. The topological polar surface area (TPSA) is 85.3 Å². The number of aliphatic hydroxyl groups excluding tert-OH is 1. The van der Waals surface area contributed by atoms with Crippen LogP contribution in [0.2, 0.25) is 0 Å². The van der Waals surface area contributed by atoms with Crippen molar-refractivity contribution in [2.45, 2.75) is 6.04 Å². The molecule has 0 bridgehead atoms. The summed E-state index contributed by atoms with van der Waals surface area (Å²) in [6, 6.07) is 19.6. The standard InChI is InChI=1S/C26H23NO6/c1-31-18-11-9-17(10-12-18)27-23(20-14-13-19(32-2)15-21(20)33-3)22(25(29)26(27)30)24(28)16-7-5-4-6-8-16/h4-15,23,28H,1-3H3/b24-22-. The fourth-order valence-electron chi connectivity index (χ4n) is 3.93. The summed E-state index contributed by atoms with van der Waals surface area (Å²) in [7, 11) is 4.58. The van der Waals surface area contributed by atoms with E-state index in [-0.39, 0.29) is 11.3 Å². The number of Topliss-reactive ketones (excluding diaryl/α,β-unsaturated/α-hetero) is 1. The van der Waals surface area contributed by atoms with E-state index in [0.717, 1.165) is 0 Å². The summed E-state index contributed by atoms with van der Waals surface area (Å²) in [5.74, 6) is -0.208. The van der Waals surface area contributed by atoms with Crippen LogP contribution in [0.1, 0.15) is 17.2 Å². The van der Waals surface area contributed by atoms with Gasteiger partial charge >= 0.3 is 0 Å². The zero-order valence-electron chi connectivity index (χ0n) is 18.4. The maximum absolute atomic E-state index is 13.2. The van der Waals surface area contributed by atoms with Gasteiger partial charge in [-0.25, -0.2) is 0 Å². The highest BCUT2D eigenvalue weighted by Crippen LogP contribution is 2.45. The van der Waals surface area contributed by atoms with Gasteiger partial charge in [0.1, 0.15) is 23.0 Å². The fourth-order valence-corrected chi connectivity index (χ4v) is 3.93. The van der Waals surface area contributed by atoms with Gasteiger partial charge in [-0.05, 0) is 36.4 Å². The van der Waals surface area contributed by atoms with Crippen LogP contribution in [0.4, 0.5) is 5.69 Å². The smallest absolute Gasteiger partial charge is 0.300 e. The van der Waals surface area contributed by atoms with Gasteiger partial charge in [0.05, 0.1) is 32.9 Å². The van der Waals surface area contributed by atoms with Gasteiger partial charge in [-0.1, -0.05) is 30.3 Å². The second-order valence-corrected chi connectivity index (χ2v) is 7.34. The number of rotatable bonds is 6. The molecule has 0 spiro atoms. The second kappa shape index (κ2) is 9.08. The highest BCUT2D eigenvalue weighted by Gasteiger charge is 2.48. The summed E-state index contributed by atoms with van der Waals surface area (Å²) in [5, 5.41) is 11.1. The Labute approximate surface area is 191 Å². The van der Waals surface area contributed by atoms with E-state index >= 15 is 0 Å². The molecule has 0 aromatic heterocycles. The Morgan fingerprint density at radius 1 is 0.818 bits per heavy atom. The number of benzene rings is 3. The van der Waals surface area contributed by atoms with Gasteiger partial charge in [-0.3, -0.25) is 14.5 Å². The Kier molecular flexibility index (Phi) is 6.04. The van der Waals surface area contributed by atoms with Crippen molar-refractivity contribution < 1.29 is 28.9 Å². The van der Waals surface area contributed by atoms with E-state index in [0.29, 0.717) is 34.1 Å². The maximum atomic E-state index is 13.2. The quantitative estimate of drug-likeness (QED) is 0.345. The summed E-state index contributed by atoms with van der Waals surface area (Å²) in [6.07, 6.45) is 0. The molecular weight excluding hydrogens is 422 g/mol. The number of hydrogen-bond donors (Lipinski definition) is 1. The third-order valence-corrected chi connectivity index (χ3v) is 5.58. The molecule has 1 fully saturated rings. The number of aliphatic hydroxyl groups is 1. The number of anilines is 1. The third-order valence-electron chi connectivity index (χ3n) is 5.58. The van der Waals surface area contributed by atoms with Crippen LogP contribution in [0.3, 0.4) is 0 Å². The van der Waals surface area contributed by atoms with Crippen LogP contribution in [0.5, 0.6) is 17.2 Å². The molecule has 1 N–H and O–H groups in total. The van der Waals surface area contributed by atoms with Gasteiger partial charge < -0.3 is 19.3 Å². The molecule has 7 nitrogen and oxygen atoms in total. The van der Waals surface area contributed by atoms with Crippen molar-refractivity contribution in [3.8, 4) is 17.2 Å². The SMILES string of the molecule is COc1ccc(N2C(=O)C(=O)/C(=C(\O)c3ccccc3)C2c2ccc(OC)cc2OC)cc1. The molecule has 33 heavy (non-hydrogen) atoms. The molecule has 1 heterocycles. The lowest BCUT2D eigenvalue weighted by Gasteiger charge is -2.27. The fraction of sp³-hybridized carbons (Fsp3) is 0.154. The number of methoxy groups -OCH3 is 3. The van der Waals surface area contributed by atoms with Gasteiger partial charge in [0.15, 0.2) is 0 Å². The number of hydrogen-bond acceptors (Lipinski definition) is 6. The Morgan fingerprint density at radius 3 is 2.06 bits per heavy atom. The molecular formula is C26H23NO6. The van der Waals surface area contributed by atoms with Crippen molar-refractivity contribution in [3.05, 3.63) is 89.5 Å². The summed E-state index contributed by atoms with van der Waals surface area (Å²) in [5.41, 5.74) is 1.42. The van der Waals surface area contributed by atoms with E-state index in [4.69, 9.17) is 14.2 Å². The van der Waals surface area contributed by atoms with Crippen molar-refractivity contribution in [2.75, 3.05) is 26.2 Å². The number of amides is 1. The summed E-state index contributed by atoms with van der Waals surface area (Å²) < 4.78 is 16.1. The first kappa shape index (κ1) is 22.0. The molecule has 1 unspecified atom stereocenters. The Balaban J connectivity index is 1.97. The number of carbonyl (C=O) groups is 2. The zero-order valence-corrected chi connectivity index (χ0v) is 18.4. The molecule has 4 rings (SSSR count). The predicted molar refractivity (Wildman–Crippen MR) is 124 cm³/mol. The van der Waals surface area contributed by atoms with Gasteiger partial charge in [-0.2, -0.15) is 0 Å². The van der Waals surface area contributed by atoms with E-state index in [1.54, 1.807) is 79.9 Å². The third kappa shape index (κ3) is 3.89. The van der Waals surface area contributed by atoms with Gasteiger partial charge in [0.25, 0.3) is 11.7 Å². The monoisotopic (exact) mass is 445 g/mol. The van der Waals surface area contributed by atoms with Crippen molar-refractivity contribution in [1.82, 2.24) is 0 Å². The molecule has 3 aromatic rings. The van der Waals surface area contributed by atoms with E-state index in [1.165, 1.54) is 19.1 Å². The average molecular weight is 445 g/mol. The van der Waals surface area contributed by atoms with Crippen molar-refractivity contribution in [1.29, 1.82) is 0 Å². The lowest BCUT2D eigenvalue weighted by molar-refractivity contribution is -0.132. The Bertz CT molecular complexity index is 1220. The molecule has 168 valence electrons. The van der Waals surface area contributed by atoms with Crippen LogP contribution < -0.4 is 19.1 Å². The molecule has 1 aliphatic rings. The zero-order chi connectivity index (χ0) is 23.5. The Morgan fingerprint density at radius 2 is 1.45 bits per heavy atom. The molecule has 0 radical (unpaired) electrons. The van der Waals surface area contributed by atoms with Crippen molar-refractivity contribution >= 4 is 23.1 Å². The molecule has 1 atom stereocenters. The largest absolute Gasteiger partial charge is 0.507 e. The maximum Gasteiger partial charge on any atom is 0.300 e. The molecule has 0 aliphatic carbocycles. The van der Waals surface area contributed by atoms with E-state index in [9.17, 15) is 14.7 Å². The number of ether oxygens (including phenoxy) is 3. The summed E-state index contributed by atoms with van der Waals surface area (Å²) >= 11 is 0. The molecule has 3 aromatic carbocycles. The number of carbonyl (C=O) groups excluding carboxylic acids is 2. The lowest BCUT2D eigenvalue weighted by Crippen LogP contribution is -2.29. The van der Waals surface area contributed by atoms with Crippen LogP contribution >= 0.6 is 0 Å². The number of nitrogens with zero attached hydrogens (tertiary/aromatic N) is 1. The van der Waals surface area contributed by atoms with Crippen LogP contribution in [0, 0.1) is 0 Å². The highest BCUT2D eigenvalue weighted by atomic mass is 16.5. The van der Waals surface area contributed by atoms with Crippen LogP contribution in [-0.2, 0) is 9.59 Å². The van der Waals surface area contributed by atoms with Crippen LogP contribution in [-0.4, -0.2) is 38.1 Å². The van der Waals surface area contributed by atoms with Crippen molar-refractivity contribution in [2.24, 2.45) is 0 Å². The van der Waals surface area contributed by atoms with Gasteiger partial charge in [0, 0.05) is 22.9 Å². The van der Waals surface area contributed by atoms with Crippen molar-refractivity contribution in [3.63, 3.8) is 0 Å². The average Bonchev–Trinajstić information content (AvgIpc) is 3.13. The van der Waals surface area contributed by atoms with Gasteiger partial charge in [-0.15, -0.1) is 0 Å². The summed E-state index contributed by atoms with van der Waals surface area (Å²) in [6.45, 7) is 0. The second-order valence-electron chi connectivity index (χ2n) is 7.34. The minimum Gasteiger partial charge on any atom is -0.507 e. The molecule has 0 saturated carbocycles. The molecule has 7 heteroatoms. The van der Waals surface area contributed by atoms with Crippen LogP contribution in [0.25, 0.3) is 5.76 Å². The normalized spacial score (nSPS) is 17.2. The van der Waals surface area contributed by atoms with Gasteiger partial charge in [0.2, 0.25) is 0 Å². The van der Waals surface area contributed by atoms with E-state index < -0.39 is 17.7 Å². The first-order valence-corrected chi connectivity index (χ1v) is 10.2. The van der Waals surface area contributed by atoms with Crippen LogP contribution in [0.15, 0.2) is 78.4 Å². The minimum atomic E-state index is -0.917. The summed E-state index contributed by atoms with van der Waals surface area (Å²) in [4.78, 5) is 27.8.